The van der Waals surface area contributed by atoms with Gasteiger partial charge in [-0.1, -0.05) is 12.1 Å². The van der Waals surface area contributed by atoms with Crippen molar-refractivity contribution in [1.82, 2.24) is 10.2 Å². The lowest BCUT2D eigenvalue weighted by Gasteiger charge is -2.22. The second-order valence-electron chi connectivity index (χ2n) is 5.95. The van der Waals surface area contributed by atoms with E-state index in [-0.39, 0.29) is 12.3 Å². The number of aromatic nitrogens is 2. The Kier molecular flexibility index (Phi) is 5.73. The van der Waals surface area contributed by atoms with Crippen molar-refractivity contribution in [3.8, 4) is 22.4 Å². The average molecular weight is 364 g/mol. The highest BCUT2D eigenvalue weighted by molar-refractivity contribution is 5.81. The first kappa shape index (κ1) is 18.5. The van der Waals surface area contributed by atoms with Crippen molar-refractivity contribution in [2.24, 2.45) is 0 Å². The normalized spacial score (nSPS) is 10.6. The quantitative estimate of drug-likeness (QED) is 0.509. The Bertz CT molecular complexity index is 911. The van der Waals surface area contributed by atoms with Crippen LogP contribution >= 0.6 is 0 Å². The fourth-order valence-electron chi connectivity index (χ4n) is 2.96. The molecule has 1 aromatic heterocycles. The smallest absolute Gasteiger partial charge is 0.269 e. The van der Waals surface area contributed by atoms with Gasteiger partial charge in [-0.15, -0.1) is 5.10 Å². The average Bonchev–Trinajstić information content (AvgIpc) is 2.72. The molecule has 0 bridgehead atoms. The lowest BCUT2D eigenvalue weighted by Crippen LogP contribution is -2.25. The molecule has 0 unspecified atom stereocenters. The minimum absolute atomic E-state index is 0.0511. The van der Waals surface area contributed by atoms with Gasteiger partial charge in [0.25, 0.3) is 5.69 Å². The van der Waals surface area contributed by atoms with Crippen LogP contribution in [0.2, 0.25) is 0 Å². The molecule has 0 fully saturated rings. The van der Waals surface area contributed by atoms with Gasteiger partial charge < -0.3 is 10.0 Å². The number of benzene rings is 2. The number of nitro benzene ring substituents is 1. The van der Waals surface area contributed by atoms with Crippen LogP contribution in [0.1, 0.15) is 6.92 Å². The number of anilines is 1. The van der Waals surface area contributed by atoms with Crippen molar-refractivity contribution < 1.29 is 10.0 Å². The number of rotatable bonds is 7. The predicted octanol–water partition coefficient (Wildman–Crippen LogP) is 3.54. The van der Waals surface area contributed by atoms with Crippen molar-refractivity contribution in [3.05, 3.63) is 70.9 Å². The molecule has 7 nitrogen and oxygen atoms in total. The molecule has 3 aromatic rings. The Morgan fingerprint density at radius 2 is 1.70 bits per heavy atom. The van der Waals surface area contributed by atoms with Crippen LogP contribution in [0.5, 0.6) is 0 Å². The summed E-state index contributed by atoms with van der Waals surface area (Å²) in [6.07, 6.45) is 1.61. The van der Waals surface area contributed by atoms with E-state index in [2.05, 4.69) is 15.1 Å². The summed E-state index contributed by atoms with van der Waals surface area (Å²) in [6, 6.07) is 16.2. The fourth-order valence-corrected chi connectivity index (χ4v) is 2.96. The Hall–Kier alpha value is -3.32. The minimum atomic E-state index is -0.417. The molecule has 27 heavy (non-hydrogen) atoms. The molecule has 0 saturated heterocycles. The number of aliphatic hydroxyl groups excluding tert-OH is 1. The van der Waals surface area contributed by atoms with Crippen molar-refractivity contribution in [2.45, 2.75) is 6.92 Å². The van der Waals surface area contributed by atoms with Gasteiger partial charge in [-0.3, -0.25) is 10.1 Å². The van der Waals surface area contributed by atoms with E-state index < -0.39 is 4.92 Å². The molecule has 1 N–H and O–H groups in total. The Labute approximate surface area is 157 Å². The third kappa shape index (κ3) is 4.09. The maximum atomic E-state index is 10.9. The van der Waals surface area contributed by atoms with E-state index in [1.54, 1.807) is 18.3 Å². The van der Waals surface area contributed by atoms with Crippen LogP contribution in [0.25, 0.3) is 22.4 Å². The first-order valence-corrected chi connectivity index (χ1v) is 8.66. The highest BCUT2D eigenvalue weighted by Crippen LogP contribution is 2.31. The lowest BCUT2D eigenvalue weighted by molar-refractivity contribution is -0.384. The topological polar surface area (TPSA) is 92.4 Å². The van der Waals surface area contributed by atoms with Gasteiger partial charge in [0.2, 0.25) is 0 Å². The van der Waals surface area contributed by atoms with Gasteiger partial charge in [0.15, 0.2) is 0 Å². The highest BCUT2D eigenvalue weighted by atomic mass is 16.6. The van der Waals surface area contributed by atoms with Gasteiger partial charge in [0.1, 0.15) is 5.69 Å². The van der Waals surface area contributed by atoms with Crippen molar-refractivity contribution in [2.75, 3.05) is 24.6 Å². The summed E-state index contributed by atoms with van der Waals surface area (Å²) in [5.74, 6) is 0. The molecule has 0 aliphatic rings. The van der Waals surface area contributed by atoms with E-state index in [0.29, 0.717) is 12.2 Å². The molecular weight excluding hydrogens is 344 g/mol. The van der Waals surface area contributed by atoms with E-state index in [0.717, 1.165) is 28.9 Å². The van der Waals surface area contributed by atoms with E-state index in [1.807, 2.05) is 37.3 Å². The maximum absolute atomic E-state index is 10.9. The standard InChI is InChI=1S/C20H20N4O3/c1-2-23(13-14-25)17-7-5-16(6-8-17)20-19(11-12-21-22-20)15-3-9-18(10-4-15)24(26)27/h3-12,25H,2,13-14H2,1H3. The van der Waals surface area contributed by atoms with Crippen LogP contribution in [0.15, 0.2) is 60.8 Å². The molecule has 7 heteroatoms. The van der Waals surface area contributed by atoms with Crippen LogP contribution in [0.3, 0.4) is 0 Å². The van der Waals surface area contributed by atoms with Crippen LogP contribution in [0.4, 0.5) is 11.4 Å². The molecule has 0 atom stereocenters. The van der Waals surface area contributed by atoms with E-state index in [4.69, 9.17) is 0 Å². The molecule has 0 aliphatic heterocycles. The van der Waals surface area contributed by atoms with Crippen LogP contribution in [-0.2, 0) is 0 Å². The summed E-state index contributed by atoms with van der Waals surface area (Å²) in [5.41, 5.74) is 4.38. The van der Waals surface area contributed by atoms with Crippen LogP contribution in [0, 0.1) is 10.1 Å². The fraction of sp³-hybridized carbons (Fsp3) is 0.200. The molecule has 0 spiro atoms. The Morgan fingerprint density at radius 3 is 2.30 bits per heavy atom. The third-order valence-corrected chi connectivity index (χ3v) is 4.37. The predicted molar refractivity (Wildman–Crippen MR) is 105 cm³/mol. The van der Waals surface area contributed by atoms with Gasteiger partial charge in [-0.2, -0.15) is 5.10 Å². The largest absolute Gasteiger partial charge is 0.395 e. The van der Waals surface area contributed by atoms with E-state index >= 15 is 0 Å². The second-order valence-corrected chi connectivity index (χ2v) is 5.95. The van der Waals surface area contributed by atoms with Crippen molar-refractivity contribution in [1.29, 1.82) is 0 Å². The molecule has 0 amide bonds. The number of likely N-dealkylation sites (N-methyl/N-ethyl adjacent to an activating group) is 1. The van der Waals surface area contributed by atoms with Gasteiger partial charge in [-0.25, -0.2) is 0 Å². The summed E-state index contributed by atoms with van der Waals surface area (Å²) >= 11 is 0. The molecule has 1 heterocycles. The Morgan fingerprint density at radius 1 is 1.04 bits per heavy atom. The number of nitrogens with zero attached hydrogens (tertiary/aromatic N) is 4. The molecule has 0 aliphatic carbocycles. The summed E-state index contributed by atoms with van der Waals surface area (Å²) in [6.45, 7) is 3.52. The zero-order valence-electron chi connectivity index (χ0n) is 14.9. The Balaban J connectivity index is 1.95. The first-order valence-electron chi connectivity index (χ1n) is 8.66. The highest BCUT2D eigenvalue weighted by Gasteiger charge is 2.12. The maximum Gasteiger partial charge on any atom is 0.269 e. The molecule has 3 rings (SSSR count). The minimum Gasteiger partial charge on any atom is -0.395 e. The zero-order valence-corrected chi connectivity index (χ0v) is 14.9. The molecule has 2 aromatic carbocycles. The van der Waals surface area contributed by atoms with Gasteiger partial charge in [0.05, 0.1) is 17.7 Å². The third-order valence-electron chi connectivity index (χ3n) is 4.37. The summed E-state index contributed by atoms with van der Waals surface area (Å²) in [5, 5.41) is 28.3. The van der Waals surface area contributed by atoms with Crippen LogP contribution < -0.4 is 4.90 Å². The van der Waals surface area contributed by atoms with Gasteiger partial charge in [-0.05, 0) is 42.8 Å². The van der Waals surface area contributed by atoms with Gasteiger partial charge >= 0.3 is 0 Å². The second kappa shape index (κ2) is 8.37. The lowest BCUT2D eigenvalue weighted by atomic mass is 9.99. The molecule has 138 valence electrons. The van der Waals surface area contributed by atoms with Crippen molar-refractivity contribution >= 4 is 11.4 Å². The van der Waals surface area contributed by atoms with E-state index in [1.165, 1.54) is 12.1 Å². The van der Waals surface area contributed by atoms with Gasteiger partial charge in [0, 0.05) is 42.0 Å². The summed E-state index contributed by atoms with van der Waals surface area (Å²) < 4.78 is 0. The monoisotopic (exact) mass is 364 g/mol. The zero-order chi connectivity index (χ0) is 19.2. The molecule has 0 radical (unpaired) electrons. The number of aliphatic hydroxyl groups is 1. The molecular formula is C20H20N4O3. The number of nitro groups is 1. The SMILES string of the molecule is CCN(CCO)c1ccc(-c2nnccc2-c2ccc([N+](=O)[O-])cc2)cc1. The number of hydrogen-bond acceptors (Lipinski definition) is 6. The van der Waals surface area contributed by atoms with Crippen molar-refractivity contribution in [3.63, 3.8) is 0 Å². The number of non-ortho nitro benzene ring substituents is 1. The summed E-state index contributed by atoms with van der Waals surface area (Å²) in [4.78, 5) is 12.5. The number of hydrogen-bond donors (Lipinski definition) is 1. The van der Waals surface area contributed by atoms with Crippen LogP contribution in [-0.4, -0.2) is 39.9 Å². The first-order chi connectivity index (χ1) is 13.1. The summed E-state index contributed by atoms with van der Waals surface area (Å²) in [7, 11) is 0. The molecule has 0 saturated carbocycles. The van der Waals surface area contributed by atoms with E-state index in [9.17, 15) is 15.2 Å².